The summed E-state index contributed by atoms with van der Waals surface area (Å²) in [5.41, 5.74) is 0. The highest BCUT2D eigenvalue weighted by molar-refractivity contribution is 5.81. The van der Waals surface area contributed by atoms with Gasteiger partial charge in [0.2, 0.25) is 5.91 Å². The summed E-state index contributed by atoms with van der Waals surface area (Å²) in [7, 11) is 1.40. The van der Waals surface area contributed by atoms with E-state index < -0.39 is 0 Å². The van der Waals surface area contributed by atoms with Crippen LogP contribution in [0.25, 0.3) is 0 Å². The van der Waals surface area contributed by atoms with Crippen molar-refractivity contribution in [2.45, 2.75) is 57.5 Å². The molecule has 0 bridgehead atoms. The number of likely N-dealkylation sites (tertiary alicyclic amines) is 1. The van der Waals surface area contributed by atoms with Crippen LogP contribution in [0.3, 0.4) is 0 Å². The van der Waals surface area contributed by atoms with Gasteiger partial charge in [0.05, 0.1) is 13.7 Å². The fourth-order valence-corrected chi connectivity index (χ4v) is 3.28. The second kappa shape index (κ2) is 7.07. The molecule has 1 saturated heterocycles. The molecule has 1 atom stereocenters. The number of amides is 1. The number of carbonyl (C=O) groups is 2. The van der Waals surface area contributed by atoms with E-state index in [4.69, 9.17) is 4.74 Å². The van der Waals surface area contributed by atoms with Crippen LogP contribution in [0, 0.1) is 5.92 Å². The average Bonchev–Trinajstić information content (AvgIpc) is 2.88. The molecule has 0 radical (unpaired) electrons. The molecule has 2 rings (SSSR count). The monoisotopic (exact) mass is 282 g/mol. The van der Waals surface area contributed by atoms with E-state index in [-0.39, 0.29) is 17.9 Å². The number of ether oxygens (including phenoxy) is 1. The first kappa shape index (κ1) is 15.3. The molecule has 1 amide bonds. The van der Waals surface area contributed by atoms with E-state index >= 15 is 0 Å². The topological polar surface area (TPSA) is 58.6 Å². The van der Waals surface area contributed by atoms with Crippen molar-refractivity contribution >= 4 is 11.9 Å². The lowest BCUT2D eigenvalue weighted by Gasteiger charge is -2.28. The maximum absolute atomic E-state index is 12.1. The van der Waals surface area contributed by atoms with E-state index in [1.54, 1.807) is 0 Å². The minimum Gasteiger partial charge on any atom is -0.468 e. The molecule has 0 spiro atoms. The molecule has 1 aliphatic heterocycles. The third kappa shape index (κ3) is 3.95. The number of carbonyl (C=O) groups excluding carboxylic acids is 2. The maximum atomic E-state index is 12.1. The minimum absolute atomic E-state index is 0.0420. The van der Waals surface area contributed by atoms with Crippen LogP contribution in [0.2, 0.25) is 0 Å². The number of methoxy groups -OCH3 is 1. The molecule has 5 nitrogen and oxygen atoms in total. The predicted octanol–water partition coefficient (Wildman–Crippen LogP) is 1.32. The van der Waals surface area contributed by atoms with Crippen molar-refractivity contribution in [3.8, 4) is 0 Å². The molecular formula is C15H26N2O3. The van der Waals surface area contributed by atoms with E-state index in [1.165, 1.54) is 20.0 Å². The normalized spacial score (nSPS) is 31.0. The zero-order valence-electron chi connectivity index (χ0n) is 12.6. The smallest absolute Gasteiger partial charge is 0.323 e. The fourth-order valence-electron chi connectivity index (χ4n) is 3.28. The van der Waals surface area contributed by atoms with Crippen LogP contribution in [0.1, 0.15) is 45.4 Å². The molecule has 1 N–H and O–H groups in total. The van der Waals surface area contributed by atoms with Crippen molar-refractivity contribution in [1.29, 1.82) is 0 Å². The molecule has 2 aliphatic rings. The van der Waals surface area contributed by atoms with Crippen LogP contribution in [0.5, 0.6) is 0 Å². The number of hydrogen-bond acceptors (Lipinski definition) is 4. The number of nitrogens with one attached hydrogen (secondary N) is 1. The van der Waals surface area contributed by atoms with Crippen LogP contribution >= 0.6 is 0 Å². The Kier molecular flexibility index (Phi) is 5.40. The molecule has 1 heterocycles. The van der Waals surface area contributed by atoms with E-state index in [2.05, 4.69) is 12.2 Å². The predicted molar refractivity (Wildman–Crippen MR) is 76.2 cm³/mol. The first-order chi connectivity index (χ1) is 9.60. The second-order valence-electron chi connectivity index (χ2n) is 6.18. The number of rotatable bonds is 4. The average molecular weight is 282 g/mol. The highest BCUT2D eigenvalue weighted by Gasteiger charge is 2.33. The molecule has 0 aromatic rings. The van der Waals surface area contributed by atoms with Gasteiger partial charge >= 0.3 is 5.97 Å². The maximum Gasteiger partial charge on any atom is 0.323 e. The number of nitrogens with zero attached hydrogens (tertiary/aromatic N) is 1. The van der Waals surface area contributed by atoms with Crippen LogP contribution < -0.4 is 5.32 Å². The van der Waals surface area contributed by atoms with Gasteiger partial charge in [0.15, 0.2) is 0 Å². The van der Waals surface area contributed by atoms with Crippen LogP contribution in [0.15, 0.2) is 0 Å². The summed E-state index contributed by atoms with van der Waals surface area (Å²) in [6.07, 6.45) is 6.29. The van der Waals surface area contributed by atoms with E-state index in [0.717, 1.165) is 38.1 Å². The largest absolute Gasteiger partial charge is 0.468 e. The van der Waals surface area contributed by atoms with Crippen molar-refractivity contribution in [1.82, 2.24) is 10.2 Å². The first-order valence-electron chi connectivity index (χ1n) is 7.71. The Labute approximate surface area is 121 Å². The summed E-state index contributed by atoms with van der Waals surface area (Å²) in [4.78, 5) is 25.7. The molecule has 1 saturated carbocycles. The third-order valence-corrected chi connectivity index (χ3v) is 4.56. The van der Waals surface area contributed by atoms with Gasteiger partial charge in [-0.1, -0.05) is 6.92 Å². The van der Waals surface area contributed by atoms with E-state index in [0.29, 0.717) is 12.6 Å². The molecule has 20 heavy (non-hydrogen) atoms. The van der Waals surface area contributed by atoms with Crippen molar-refractivity contribution in [3.05, 3.63) is 0 Å². The lowest BCUT2D eigenvalue weighted by molar-refractivity contribution is -0.146. The molecular weight excluding hydrogens is 256 g/mol. The molecule has 0 aromatic heterocycles. The zero-order valence-corrected chi connectivity index (χ0v) is 12.6. The summed E-state index contributed by atoms with van der Waals surface area (Å²) in [5, 5.41) is 3.11. The summed E-state index contributed by atoms with van der Waals surface area (Å²) in [6, 6.07) is 0.0787. The summed E-state index contributed by atoms with van der Waals surface area (Å²) in [5.74, 6) is 0.604. The summed E-state index contributed by atoms with van der Waals surface area (Å²) >= 11 is 0. The van der Waals surface area contributed by atoms with Crippen molar-refractivity contribution in [2.24, 2.45) is 5.92 Å². The van der Waals surface area contributed by atoms with Gasteiger partial charge in [-0.3, -0.25) is 14.5 Å². The Morgan fingerprint density at radius 3 is 2.55 bits per heavy atom. The lowest BCUT2D eigenvalue weighted by Crippen LogP contribution is -2.46. The van der Waals surface area contributed by atoms with Crippen LogP contribution in [0.4, 0.5) is 0 Å². The molecule has 0 unspecified atom stereocenters. The summed E-state index contributed by atoms with van der Waals surface area (Å²) in [6.45, 7) is 3.38. The molecule has 1 aliphatic carbocycles. The van der Waals surface area contributed by atoms with Crippen molar-refractivity contribution < 1.29 is 14.3 Å². The highest BCUT2D eigenvalue weighted by atomic mass is 16.5. The Balaban J connectivity index is 1.77. The molecule has 2 fully saturated rings. The fraction of sp³-hybridized carbons (Fsp3) is 0.867. The molecule has 5 heteroatoms. The van der Waals surface area contributed by atoms with Crippen molar-refractivity contribution in [3.63, 3.8) is 0 Å². The van der Waals surface area contributed by atoms with Gasteiger partial charge in [-0.2, -0.15) is 0 Å². The van der Waals surface area contributed by atoms with E-state index in [1.807, 2.05) is 4.90 Å². The SMILES string of the molecule is COC(=O)[C@@H]1CCCN1CC(=O)NC1CCC(C)CC1. The highest BCUT2D eigenvalue weighted by Crippen LogP contribution is 2.23. The van der Waals surface area contributed by atoms with Crippen LogP contribution in [-0.2, 0) is 14.3 Å². The Bertz CT molecular complexity index is 351. The van der Waals surface area contributed by atoms with Gasteiger partial charge in [-0.25, -0.2) is 0 Å². The summed E-state index contributed by atoms with van der Waals surface area (Å²) < 4.78 is 4.80. The Hall–Kier alpha value is -1.10. The Morgan fingerprint density at radius 2 is 1.90 bits per heavy atom. The Morgan fingerprint density at radius 1 is 1.20 bits per heavy atom. The molecule has 0 aromatic carbocycles. The lowest BCUT2D eigenvalue weighted by atomic mass is 9.87. The van der Waals surface area contributed by atoms with Gasteiger partial charge in [0, 0.05) is 6.04 Å². The second-order valence-corrected chi connectivity index (χ2v) is 6.18. The minimum atomic E-state index is -0.239. The zero-order chi connectivity index (χ0) is 14.5. The van der Waals surface area contributed by atoms with E-state index in [9.17, 15) is 9.59 Å². The third-order valence-electron chi connectivity index (χ3n) is 4.56. The van der Waals surface area contributed by atoms with Crippen molar-refractivity contribution in [2.75, 3.05) is 20.2 Å². The van der Waals surface area contributed by atoms with Gasteiger partial charge in [-0.15, -0.1) is 0 Å². The van der Waals surface area contributed by atoms with Gasteiger partial charge in [-0.05, 0) is 51.0 Å². The first-order valence-corrected chi connectivity index (χ1v) is 7.71. The standard InChI is InChI=1S/C15H26N2O3/c1-11-5-7-12(8-6-11)16-14(18)10-17-9-3-4-13(17)15(19)20-2/h11-13H,3-10H2,1-2H3,(H,16,18)/t11?,12?,13-/m0/s1. The number of esters is 1. The quantitative estimate of drug-likeness (QED) is 0.790. The van der Waals surface area contributed by atoms with Gasteiger partial charge < -0.3 is 10.1 Å². The number of hydrogen-bond donors (Lipinski definition) is 1. The molecule has 114 valence electrons. The van der Waals surface area contributed by atoms with Gasteiger partial charge in [0.1, 0.15) is 6.04 Å². The van der Waals surface area contributed by atoms with Crippen LogP contribution in [-0.4, -0.2) is 49.1 Å². The van der Waals surface area contributed by atoms with Gasteiger partial charge in [0.25, 0.3) is 0 Å².